The molecular formula is C25H31B2N7O3S. The molecule has 1 fully saturated rings. The average Bonchev–Trinajstić information content (AvgIpc) is 3.67. The Bertz CT molecular complexity index is 1390. The highest BCUT2D eigenvalue weighted by molar-refractivity contribution is 7.13. The number of carbonyl (C=O) groups is 2. The quantitative estimate of drug-likeness (QED) is 0.428. The van der Waals surface area contributed by atoms with Crippen LogP contribution in [-0.4, -0.2) is 81.3 Å². The lowest BCUT2D eigenvalue weighted by molar-refractivity contribution is -0.134. The third-order valence-corrected chi connectivity index (χ3v) is 8.48. The van der Waals surface area contributed by atoms with E-state index < -0.39 is 23.6 Å². The van der Waals surface area contributed by atoms with E-state index in [4.69, 9.17) is 0 Å². The molecule has 1 aromatic carbocycles. The SMILES string of the molecule is BBn1cc(C(C(=O)N2C[C@H](O)CC2C2=NC(=O)[C@](C)(c3ccc(-c4scnc4C)cc3)N2)C(C)C)nn1. The van der Waals surface area contributed by atoms with E-state index in [0.29, 0.717) is 25.3 Å². The molecule has 0 aliphatic carbocycles. The predicted octanol–water partition coefficient (Wildman–Crippen LogP) is 0.603. The van der Waals surface area contributed by atoms with Crippen molar-refractivity contribution < 1.29 is 14.7 Å². The molecule has 196 valence electrons. The van der Waals surface area contributed by atoms with Gasteiger partial charge < -0.3 is 19.9 Å². The molecule has 2 aromatic heterocycles. The van der Waals surface area contributed by atoms with Gasteiger partial charge in [0.15, 0.2) is 0 Å². The summed E-state index contributed by atoms with van der Waals surface area (Å²) in [5, 5.41) is 22.3. The number of hydrogen-bond acceptors (Lipinski definition) is 8. The number of rotatable bonds is 7. The summed E-state index contributed by atoms with van der Waals surface area (Å²) in [6.45, 7) is 7.89. The van der Waals surface area contributed by atoms with Gasteiger partial charge in [-0.05, 0) is 30.9 Å². The molecule has 0 bridgehead atoms. The van der Waals surface area contributed by atoms with Crippen LogP contribution < -0.4 is 5.32 Å². The first-order valence-corrected chi connectivity index (χ1v) is 13.8. The second kappa shape index (κ2) is 10.1. The number of carbonyl (C=O) groups excluding carboxylic acids is 2. The van der Waals surface area contributed by atoms with Crippen LogP contribution >= 0.6 is 11.3 Å². The van der Waals surface area contributed by atoms with Crippen LogP contribution in [0.3, 0.4) is 0 Å². The number of nitrogens with one attached hydrogen (secondary N) is 1. The van der Waals surface area contributed by atoms with Crippen LogP contribution in [0, 0.1) is 12.8 Å². The molecule has 38 heavy (non-hydrogen) atoms. The van der Waals surface area contributed by atoms with E-state index in [0.717, 1.165) is 21.7 Å². The summed E-state index contributed by atoms with van der Waals surface area (Å²) in [6, 6.07) is 7.29. The summed E-state index contributed by atoms with van der Waals surface area (Å²) in [7, 11) is 2.62. The Hall–Kier alpha value is -3.31. The van der Waals surface area contributed by atoms with Gasteiger partial charge in [-0.3, -0.25) is 9.59 Å². The minimum Gasteiger partial charge on any atom is -0.391 e. The Morgan fingerprint density at radius 1 is 1.32 bits per heavy atom. The van der Waals surface area contributed by atoms with Gasteiger partial charge in [0.1, 0.15) is 11.4 Å². The molecule has 4 atom stereocenters. The molecule has 3 aromatic rings. The number of aryl methyl sites for hydroxylation is 1. The monoisotopic (exact) mass is 531 g/mol. The molecule has 13 heteroatoms. The van der Waals surface area contributed by atoms with Crippen molar-refractivity contribution in [1.82, 2.24) is 30.1 Å². The van der Waals surface area contributed by atoms with E-state index in [1.807, 2.05) is 58.3 Å². The summed E-state index contributed by atoms with van der Waals surface area (Å²) in [5.74, 6) is -0.623. The summed E-state index contributed by atoms with van der Waals surface area (Å²) >= 11 is 1.58. The van der Waals surface area contributed by atoms with Gasteiger partial charge in [-0.15, -0.1) is 16.4 Å². The zero-order valence-corrected chi connectivity index (χ0v) is 23.1. The number of aromatic nitrogens is 4. The van der Waals surface area contributed by atoms with E-state index in [1.165, 1.54) is 0 Å². The van der Waals surface area contributed by atoms with Gasteiger partial charge in [-0.25, -0.2) is 4.98 Å². The fourth-order valence-corrected chi connectivity index (χ4v) is 6.12. The van der Waals surface area contributed by atoms with Gasteiger partial charge in [-0.2, -0.15) is 4.99 Å². The van der Waals surface area contributed by atoms with Crippen LogP contribution in [0.25, 0.3) is 10.4 Å². The van der Waals surface area contributed by atoms with Crippen molar-refractivity contribution in [3.8, 4) is 10.4 Å². The van der Waals surface area contributed by atoms with E-state index in [1.54, 1.807) is 34.0 Å². The zero-order chi connectivity index (χ0) is 27.2. The Morgan fingerprint density at radius 2 is 2.05 bits per heavy atom. The van der Waals surface area contributed by atoms with Crippen LogP contribution in [0.5, 0.6) is 0 Å². The Labute approximate surface area is 227 Å². The number of aliphatic hydroxyl groups is 1. The minimum absolute atomic E-state index is 0.0334. The lowest BCUT2D eigenvalue weighted by Crippen LogP contribution is -2.51. The van der Waals surface area contributed by atoms with Gasteiger partial charge in [0.05, 0.1) is 47.6 Å². The molecule has 2 unspecified atom stereocenters. The number of thiazole rings is 1. The van der Waals surface area contributed by atoms with Crippen LogP contribution in [0.15, 0.2) is 41.0 Å². The molecule has 0 radical (unpaired) electrons. The Balaban J connectivity index is 1.39. The van der Waals surface area contributed by atoms with Gasteiger partial charge in [-0.1, -0.05) is 43.3 Å². The highest BCUT2D eigenvalue weighted by Gasteiger charge is 2.48. The molecule has 0 saturated carbocycles. The molecule has 2 N–H and O–H groups in total. The summed E-state index contributed by atoms with van der Waals surface area (Å²) in [6.07, 6.45) is 1.39. The Kier molecular flexibility index (Phi) is 6.99. The molecule has 10 nitrogen and oxygen atoms in total. The normalized spacial score (nSPS) is 24.0. The number of likely N-dealkylation sites (tertiary alicyclic amines) is 1. The fraction of sp³-hybridized carbons (Fsp3) is 0.440. The third-order valence-electron chi connectivity index (χ3n) is 7.51. The van der Waals surface area contributed by atoms with Crippen molar-refractivity contribution in [2.24, 2.45) is 10.9 Å². The Morgan fingerprint density at radius 3 is 2.66 bits per heavy atom. The lowest BCUT2D eigenvalue weighted by atomic mass is 9.67. The largest absolute Gasteiger partial charge is 0.391 e. The predicted molar refractivity (Wildman–Crippen MR) is 150 cm³/mol. The van der Waals surface area contributed by atoms with Crippen LogP contribution in [-0.2, 0) is 15.1 Å². The maximum absolute atomic E-state index is 13.9. The molecule has 5 rings (SSSR count). The van der Waals surface area contributed by atoms with E-state index in [9.17, 15) is 14.7 Å². The maximum atomic E-state index is 13.9. The first kappa shape index (κ1) is 26.3. The summed E-state index contributed by atoms with van der Waals surface area (Å²) in [5.41, 5.74) is 4.14. The standard InChI is InChI=1S/C25H31B2N7O3S/c1-13(2)20(18-11-34(27-26)32-31-18)23(36)33-10-17(35)9-19(33)22-29-24(37)25(4,30-22)16-7-5-15(6-8-16)21-14(3)28-12-38-21/h5-8,11-13,17,19-20,27,35H,9-10,26H2,1-4H3,(H,29,30,37)/t17-,19?,20?,25+/m1/s1. The van der Waals surface area contributed by atoms with Crippen molar-refractivity contribution in [3.63, 3.8) is 0 Å². The maximum Gasteiger partial charge on any atom is 0.277 e. The zero-order valence-electron chi connectivity index (χ0n) is 22.3. The molecule has 2 aliphatic heterocycles. The van der Waals surface area contributed by atoms with Crippen molar-refractivity contribution in [3.05, 3.63) is 52.9 Å². The van der Waals surface area contributed by atoms with Crippen molar-refractivity contribution in [2.75, 3.05) is 6.54 Å². The number of β-amino-alcohol motifs (C(OH)–C–C–N with tert-alkyl or cyclic N) is 1. The topological polar surface area (TPSA) is 126 Å². The fourth-order valence-electron chi connectivity index (χ4n) is 5.30. The van der Waals surface area contributed by atoms with Crippen molar-refractivity contribution in [2.45, 2.75) is 57.7 Å². The van der Waals surface area contributed by atoms with Crippen molar-refractivity contribution >= 4 is 44.0 Å². The van der Waals surface area contributed by atoms with E-state index >= 15 is 0 Å². The first-order chi connectivity index (χ1) is 18.1. The van der Waals surface area contributed by atoms with Gasteiger partial charge in [0.2, 0.25) is 13.2 Å². The number of benzene rings is 1. The van der Waals surface area contributed by atoms with Crippen LogP contribution in [0.4, 0.5) is 0 Å². The number of nitrogens with zero attached hydrogens (tertiary/aromatic N) is 6. The smallest absolute Gasteiger partial charge is 0.277 e. The number of hydrogen-bond donors (Lipinski definition) is 2. The number of amidine groups is 1. The molecule has 4 heterocycles. The van der Waals surface area contributed by atoms with Gasteiger partial charge in [0.25, 0.3) is 5.91 Å². The average molecular weight is 531 g/mol. The summed E-state index contributed by atoms with van der Waals surface area (Å²) in [4.78, 5) is 38.5. The van der Waals surface area contributed by atoms with Gasteiger partial charge >= 0.3 is 0 Å². The molecular weight excluding hydrogens is 500 g/mol. The molecule has 2 amide bonds. The second-order valence-corrected chi connectivity index (χ2v) is 11.4. The number of aliphatic hydroxyl groups excluding tert-OH is 1. The number of amides is 2. The second-order valence-electron chi connectivity index (χ2n) is 10.5. The molecule has 1 saturated heterocycles. The van der Waals surface area contributed by atoms with Gasteiger partial charge in [0, 0.05) is 19.2 Å². The molecule has 0 spiro atoms. The first-order valence-electron chi connectivity index (χ1n) is 12.9. The van der Waals surface area contributed by atoms with E-state index in [2.05, 4.69) is 25.6 Å². The van der Waals surface area contributed by atoms with E-state index in [-0.39, 0.29) is 24.3 Å². The minimum atomic E-state index is -1.07. The number of aliphatic imine (C=N–C) groups is 1. The molecule has 2 aliphatic rings. The lowest BCUT2D eigenvalue weighted by Gasteiger charge is -2.31. The highest BCUT2D eigenvalue weighted by atomic mass is 32.1. The van der Waals surface area contributed by atoms with Crippen LogP contribution in [0.2, 0.25) is 0 Å². The van der Waals surface area contributed by atoms with Crippen LogP contribution in [0.1, 0.15) is 50.1 Å². The third kappa shape index (κ3) is 4.58. The highest BCUT2D eigenvalue weighted by Crippen LogP contribution is 2.34. The summed E-state index contributed by atoms with van der Waals surface area (Å²) < 4.78 is 1.70. The van der Waals surface area contributed by atoms with Crippen molar-refractivity contribution in [1.29, 1.82) is 0 Å².